The van der Waals surface area contributed by atoms with Gasteiger partial charge in [-0.3, -0.25) is 4.79 Å². The number of halogens is 4. The van der Waals surface area contributed by atoms with Crippen LogP contribution in [-0.2, 0) is 6.18 Å². The second-order valence-corrected chi connectivity index (χ2v) is 3.29. The molecular formula is C11H10F4O2. The molecule has 1 aromatic carbocycles. The van der Waals surface area contributed by atoms with Crippen LogP contribution in [0.3, 0.4) is 0 Å². The largest absolute Gasteiger partial charge is 0.493 e. The Morgan fingerprint density at radius 1 is 1.35 bits per heavy atom. The molecule has 94 valence electrons. The van der Waals surface area contributed by atoms with Crippen LogP contribution in [0.2, 0.25) is 0 Å². The molecule has 0 bridgehead atoms. The molecule has 6 heteroatoms. The minimum Gasteiger partial charge on any atom is -0.493 e. The Kier molecular flexibility index (Phi) is 3.75. The van der Waals surface area contributed by atoms with E-state index in [1.165, 1.54) is 6.92 Å². The average molecular weight is 250 g/mol. The van der Waals surface area contributed by atoms with Gasteiger partial charge in [-0.2, -0.15) is 13.2 Å². The Morgan fingerprint density at radius 2 is 1.94 bits per heavy atom. The molecule has 0 fully saturated rings. The normalized spacial score (nSPS) is 11.4. The van der Waals surface area contributed by atoms with Crippen molar-refractivity contribution in [1.82, 2.24) is 0 Å². The summed E-state index contributed by atoms with van der Waals surface area (Å²) in [6.45, 7) is 2.46. The Bertz CT molecular complexity index is 438. The van der Waals surface area contributed by atoms with Crippen molar-refractivity contribution in [2.75, 3.05) is 6.61 Å². The molecule has 0 radical (unpaired) electrons. The number of rotatable bonds is 3. The molecule has 0 unspecified atom stereocenters. The molecule has 0 saturated heterocycles. The van der Waals surface area contributed by atoms with Crippen LogP contribution in [0.4, 0.5) is 17.6 Å². The highest BCUT2D eigenvalue weighted by atomic mass is 19.4. The van der Waals surface area contributed by atoms with Gasteiger partial charge in [-0.25, -0.2) is 4.39 Å². The van der Waals surface area contributed by atoms with Crippen molar-refractivity contribution in [3.05, 3.63) is 29.1 Å². The molecule has 0 N–H and O–H groups in total. The highest BCUT2D eigenvalue weighted by Crippen LogP contribution is 2.39. The van der Waals surface area contributed by atoms with Gasteiger partial charge < -0.3 is 4.74 Å². The number of hydrogen-bond donors (Lipinski definition) is 0. The van der Waals surface area contributed by atoms with Gasteiger partial charge in [0.25, 0.3) is 0 Å². The standard InChI is InChI=1S/C11H10F4O2/c1-3-17-8-5-4-7(6(2)16)10(12)9(8)11(13,14)15/h4-5H,3H2,1-2H3. The lowest BCUT2D eigenvalue weighted by Gasteiger charge is -2.15. The van der Waals surface area contributed by atoms with Gasteiger partial charge in [0.2, 0.25) is 0 Å². The van der Waals surface area contributed by atoms with E-state index < -0.39 is 34.7 Å². The first-order valence-corrected chi connectivity index (χ1v) is 4.82. The number of ketones is 1. The summed E-state index contributed by atoms with van der Waals surface area (Å²) >= 11 is 0. The van der Waals surface area contributed by atoms with E-state index in [1.54, 1.807) is 0 Å². The summed E-state index contributed by atoms with van der Waals surface area (Å²) in [6, 6.07) is 1.93. The van der Waals surface area contributed by atoms with Crippen LogP contribution in [0.25, 0.3) is 0 Å². The zero-order valence-electron chi connectivity index (χ0n) is 9.19. The van der Waals surface area contributed by atoms with Crippen LogP contribution in [-0.4, -0.2) is 12.4 Å². The smallest absolute Gasteiger partial charge is 0.422 e. The summed E-state index contributed by atoms with van der Waals surface area (Å²) < 4.78 is 56.2. The second-order valence-electron chi connectivity index (χ2n) is 3.29. The van der Waals surface area contributed by atoms with Crippen LogP contribution in [0.5, 0.6) is 5.75 Å². The number of benzene rings is 1. The first-order chi connectivity index (χ1) is 7.79. The van der Waals surface area contributed by atoms with Gasteiger partial charge >= 0.3 is 6.18 Å². The minimum absolute atomic E-state index is 0.0259. The summed E-state index contributed by atoms with van der Waals surface area (Å²) in [4.78, 5) is 11.0. The van der Waals surface area contributed by atoms with E-state index in [0.29, 0.717) is 0 Å². The molecule has 0 aliphatic rings. The fourth-order valence-corrected chi connectivity index (χ4v) is 1.37. The van der Waals surface area contributed by atoms with Gasteiger partial charge in [0.15, 0.2) is 5.78 Å². The Morgan fingerprint density at radius 3 is 2.35 bits per heavy atom. The second kappa shape index (κ2) is 4.73. The summed E-state index contributed by atoms with van der Waals surface area (Å²) in [5, 5.41) is 0. The molecule has 17 heavy (non-hydrogen) atoms. The molecule has 0 amide bonds. The van der Waals surface area contributed by atoms with Crippen LogP contribution >= 0.6 is 0 Å². The van der Waals surface area contributed by atoms with Crippen molar-refractivity contribution in [1.29, 1.82) is 0 Å². The molecule has 0 spiro atoms. The summed E-state index contributed by atoms with van der Waals surface area (Å²) in [5.41, 5.74) is -2.13. The molecule has 0 atom stereocenters. The van der Waals surface area contributed by atoms with E-state index in [0.717, 1.165) is 19.1 Å². The van der Waals surface area contributed by atoms with E-state index in [9.17, 15) is 22.4 Å². The first kappa shape index (κ1) is 13.5. The highest BCUT2D eigenvalue weighted by Gasteiger charge is 2.39. The van der Waals surface area contributed by atoms with Crippen LogP contribution in [0.1, 0.15) is 29.8 Å². The molecule has 0 saturated carbocycles. The molecular weight excluding hydrogens is 240 g/mol. The number of carbonyl (C=O) groups is 1. The molecule has 0 aliphatic heterocycles. The van der Waals surface area contributed by atoms with Crippen molar-refractivity contribution in [2.24, 2.45) is 0 Å². The molecule has 0 aliphatic carbocycles. The van der Waals surface area contributed by atoms with Crippen LogP contribution < -0.4 is 4.74 Å². The summed E-state index contributed by atoms with van der Waals surface area (Å²) in [5.74, 6) is -2.96. The molecule has 0 aromatic heterocycles. The van der Waals surface area contributed by atoms with Gasteiger partial charge in [0.05, 0.1) is 12.2 Å². The third kappa shape index (κ3) is 2.75. The Hall–Kier alpha value is -1.59. The van der Waals surface area contributed by atoms with Gasteiger partial charge in [0.1, 0.15) is 17.1 Å². The van der Waals surface area contributed by atoms with Crippen molar-refractivity contribution < 1.29 is 27.1 Å². The third-order valence-electron chi connectivity index (χ3n) is 2.07. The van der Waals surface area contributed by atoms with Crippen molar-refractivity contribution in [2.45, 2.75) is 20.0 Å². The number of alkyl halides is 3. The zero-order chi connectivity index (χ0) is 13.2. The van der Waals surface area contributed by atoms with Crippen molar-refractivity contribution in [3.63, 3.8) is 0 Å². The SMILES string of the molecule is CCOc1ccc(C(C)=O)c(F)c1C(F)(F)F. The predicted octanol–water partition coefficient (Wildman–Crippen LogP) is 3.45. The number of carbonyl (C=O) groups excluding carboxylic acids is 1. The number of hydrogen-bond acceptors (Lipinski definition) is 2. The lowest BCUT2D eigenvalue weighted by atomic mass is 10.1. The van der Waals surface area contributed by atoms with Crippen LogP contribution in [0.15, 0.2) is 12.1 Å². The van der Waals surface area contributed by atoms with Crippen molar-refractivity contribution in [3.8, 4) is 5.75 Å². The number of Topliss-reactive ketones (excluding diaryl/α,β-unsaturated/α-hetero) is 1. The Balaban J connectivity index is 3.48. The maximum Gasteiger partial charge on any atom is 0.422 e. The van der Waals surface area contributed by atoms with Gasteiger partial charge in [0, 0.05) is 0 Å². The highest BCUT2D eigenvalue weighted by molar-refractivity contribution is 5.94. The van der Waals surface area contributed by atoms with Gasteiger partial charge in [-0.05, 0) is 26.0 Å². The quantitative estimate of drug-likeness (QED) is 0.606. The number of ether oxygens (including phenoxy) is 1. The maximum absolute atomic E-state index is 13.6. The van der Waals surface area contributed by atoms with E-state index in [1.807, 2.05) is 0 Å². The molecule has 1 aromatic rings. The van der Waals surface area contributed by atoms with Gasteiger partial charge in [-0.1, -0.05) is 0 Å². The lowest BCUT2D eigenvalue weighted by Crippen LogP contribution is -2.14. The minimum atomic E-state index is -4.90. The van der Waals surface area contributed by atoms with E-state index in [-0.39, 0.29) is 6.61 Å². The monoisotopic (exact) mass is 250 g/mol. The van der Waals surface area contributed by atoms with Crippen molar-refractivity contribution >= 4 is 5.78 Å². The third-order valence-corrected chi connectivity index (χ3v) is 2.07. The van der Waals surface area contributed by atoms with E-state index in [2.05, 4.69) is 0 Å². The molecule has 0 heterocycles. The molecule has 1 rings (SSSR count). The predicted molar refractivity (Wildman–Crippen MR) is 52.6 cm³/mol. The summed E-state index contributed by atoms with van der Waals surface area (Å²) in [7, 11) is 0. The van der Waals surface area contributed by atoms with Crippen LogP contribution in [0, 0.1) is 5.82 Å². The summed E-state index contributed by atoms with van der Waals surface area (Å²) in [6.07, 6.45) is -4.90. The zero-order valence-corrected chi connectivity index (χ0v) is 9.19. The van der Waals surface area contributed by atoms with E-state index >= 15 is 0 Å². The van der Waals surface area contributed by atoms with Gasteiger partial charge in [-0.15, -0.1) is 0 Å². The maximum atomic E-state index is 13.6. The van der Waals surface area contributed by atoms with E-state index in [4.69, 9.17) is 4.74 Å². The Labute approximate surface area is 95.2 Å². The lowest BCUT2D eigenvalue weighted by molar-refractivity contribution is -0.141. The average Bonchev–Trinajstić information content (AvgIpc) is 2.15. The first-order valence-electron chi connectivity index (χ1n) is 4.82. The fraction of sp³-hybridized carbons (Fsp3) is 0.364. The topological polar surface area (TPSA) is 26.3 Å². The fourth-order valence-electron chi connectivity index (χ4n) is 1.37. The molecule has 2 nitrogen and oxygen atoms in total.